The average Bonchev–Trinajstić information content (AvgIpc) is 2.50. The van der Waals surface area contributed by atoms with Crippen LogP contribution in [0.5, 0.6) is 5.75 Å². The molecular weight excluding hydrogens is 288 g/mol. The molecule has 0 heterocycles. The highest BCUT2D eigenvalue weighted by Gasteiger charge is 2.00. The van der Waals surface area contributed by atoms with E-state index in [4.69, 9.17) is 9.47 Å². The van der Waals surface area contributed by atoms with Gasteiger partial charge in [-0.3, -0.25) is 4.79 Å². The first kappa shape index (κ1) is 17.0. The summed E-state index contributed by atoms with van der Waals surface area (Å²) in [7, 11) is 1.60. The van der Waals surface area contributed by atoms with Crippen LogP contribution in [0.15, 0.2) is 42.5 Å². The van der Waals surface area contributed by atoms with Crippen molar-refractivity contribution in [1.29, 1.82) is 0 Å². The lowest BCUT2D eigenvalue weighted by molar-refractivity contribution is -0.137. The van der Waals surface area contributed by atoms with Crippen molar-refractivity contribution in [2.75, 3.05) is 19.5 Å². The summed E-state index contributed by atoms with van der Waals surface area (Å²) in [5.74, 6) is 0.785. The molecule has 0 fully saturated rings. The Hall–Kier alpha value is -2.01. The summed E-state index contributed by atoms with van der Waals surface area (Å²) in [5, 5.41) is -0.0395. The number of esters is 1. The summed E-state index contributed by atoms with van der Waals surface area (Å²) in [6.45, 7) is 1.99. The van der Waals surface area contributed by atoms with Gasteiger partial charge in [0.05, 0.1) is 7.11 Å². The first-order valence-electron chi connectivity index (χ1n) is 6.44. The standard InChI is InChI=1S/C16H18O4S/c1-3-4-16(18)21-12-11-20-15(17)10-7-13-5-8-14(19-2)9-6-13/h3-10H,11-12H2,1-2H3/b4-3+,10-7+. The van der Waals surface area contributed by atoms with E-state index in [1.807, 2.05) is 24.3 Å². The van der Waals surface area contributed by atoms with Crippen molar-refractivity contribution in [1.82, 2.24) is 0 Å². The first-order chi connectivity index (χ1) is 10.2. The minimum Gasteiger partial charge on any atom is -0.497 e. The molecule has 0 radical (unpaired) electrons. The third-order valence-electron chi connectivity index (χ3n) is 2.40. The number of carbonyl (C=O) groups excluding carboxylic acids is 2. The van der Waals surface area contributed by atoms with Gasteiger partial charge in [-0.25, -0.2) is 4.79 Å². The molecule has 1 aromatic carbocycles. The molecule has 0 atom stereocenters. The zero-order chi connectivity index (χ0) is 15.5. The Bertz CT molecular complexity index is 518. The quantitative estimate of drug-likeness (QED) is 0.440. The van der Waals surface area contributed by atoms with Crippen molar-refractivity contribution in [2.24, 2.45) is 0 Å². The largest absolute Gasteiger partial charge is 0.497 e. The predicted molar refractivity (Wildman–Crippen MR) is 85.3 cm³/mol. The summed E-state index contributed by atoms with van der Waals surface area (Å²) in [5.41, 5.74) is 0.880. The van der Waals surface area contributed by atoms with Gasteiger partial charge in [0.1, 0.15) is 12.4 Å². The fourth-order valence-electron chi connectivity index (χ4n) is 1.40. The SMILES string of the molecule is C/C=C/C(=O)SCCOC(=O)/C=C/c1ccc(OC)cc1. The second-order valence-corrected chi connectivity index (χ2v) is 5.04. The Morgan fingerprint density at radius 1 is 1.19 bits per heavy atom. The van der Waals surface area contributed by atoms with Gasteiger partial charge in [-0.1, -0.05) is 30.0 Å². The predicted octanol–water partition coefficient (Wildman–Crippen LogP) is 3.09. The zero-order valence-electron chi connectivity index (χ0n) is 12.1. The number of hydrogen-bond acceptors (Lipinski definition) is 5. The zero-order valence-corrected chi connectivity index (χ0v) is 12.9. The molecule has 1 aromatic rings. The Morgan fingerprint density at radius 2 is 1.90 bits per heavy atom. The second-order valence-electron chi connectivity index (χ2n) is 3.94. The third kappa shape index (κ3) is 7.37. The molecular formula is C16H18O4S. The molecule has 0 aromatic heterocycles. The van der Waals surface area contributed by atoms with Crippen LogP contribution >= 0.6 is 11.8 Å². The highest BCUT2D eigenvalue weighted by atomic mass is 32.2. The molecule has 0 N–H and O–H groups in total. The van der Waals surface area contributed by atoms with Crippen LogP contribution in [0.4, 0.5) is 0 Å². The van der Waals surface area contributed by atoms with Gasteiger partial charge in [0.2, 0.25) is 5.12 Å². The van der Waals surface area contributed by atoms with E-state index in [9.17, 15) is 9.59 Å². The molecule has 4 nitrogen and oxygen atoms in total. The number of rotatable bonds is 7. The lowest BCUT2D eigenvalue weighted by Crippen LogP contribution is -2.05. The van der Waals surface area contributed by atoms with Crippen LogP contribution in [0.25, 0.3) is 6.08 Å². The maximum atomic E-state index is 11.5. The van der Waals surface area contributed by atoms with Crippen molar-refractivity contribution >= 4 is 28.9 Å². The average molecular weight is 306 g/mol. The normalized spacial score (nSPS) is 11.0. The third-order valence-corrected chi connectivity index (χ3v) is 3.19. The highest BCUT2D eigenvalue weighted by molar-refractivity contribution is 8.14. The molecule has 0 unspecified atom stereocenters. The van der Waals surface area contributed by atoms with Crippen molar-refractivity contribution < 1.29 is 19.1 Å². The minimum absolute atomic E-state index is 0.0395. The fourth-order valence-corrected chi connectivity index (χ4v) is 2.00. The van der Waals surface area contributed by atoms with E-state index in [-0.39, 0.29) is 11.7 Å². The molecule has 0 saturated carbocycles. The Kier molecular flexibility index (Phi) is 7.97. The van der Waals surface area contributed by atoms with Crippen molar-refractivity contribution in [3.8, 4) is 5.75 Å². The van der Waals surface area contributed by atoms with E-state index < -0.39 is 5.97 Å². The second kappa shape index (κ2) is 9.83. The topological polar surface area (TPSA) is 52.6 Å². The lowest BCUT2D eigenvalue weighted by Gasteiger charge is -2.01. The molecule has 21 heavy (non-hydrogen) atoms. The van der Waals surface area contributed by atoms with Gasteiger partial charge in [-0.2, -0.15) is 0 Å². The van der Waals surface area contributed by atoms with Gasteiger partial charge >= 0.3 is 5.97 Å². The van der Waals surface area contributed by atoms with Crippen LogP contribution in [0.1, 0.15) is 12.5 Å². The first-order valence-corrected chi connectivity index (χ1v) is 7.42. The fraction of sp³-hybridized carbons (Fsp3) is 0.250. The van der Waals surface area contributed by atoms with Crippen LogP contribution in [0, 0.1) is 0 Å². The van der Waals surface area contributed by atoms with Crippen molar-refractivity contribution in [3.63, 3.8) is 0 Å². The summed E-state index contributed by atoms with van der Waals surface area (Å²) >= 11 is 1.12. The number of carbonyl (C=O) groups is 2. The van der Waals surface area contributed by atoms with E-state index >= 15 is 0 Å². The van der Waals surface area contributed by atoms with Gasteiger partial charge in [-0.05, 0) is 36.8 Å². The Labute approximate surface area is 128 Å². The smallest absolute Gasteiger partial charge is 0.330 e. The number of hydrogen-bond donors (Lipinski definition) is 0. The number of methoxy groups -OCH3 is 1. The van der Waals surface area contributed by atoms with Gasteiger partial charge in [0.25, 0.3) is 0 Å². The molecule has 0 saturated heterocycles. The summed E-state index contributed by atoms with van der Waals surface area (Å²) in [6, 6.07) is 7.31. The molecule has 5 heteroatoms. The van der Waals surface area contributed by atoms with Gasteiger partial charge in [-0.15, -0.1) is 0 Å². The van der Waals surface area contributed by atoms with Crippen molar-refractivity contribution in [2.45, 2.75) is 6.92 Å². The van der Waals surface area contributed by atoms with Crippen LogP contribution < -0.4 is 4.74 Å². The highest BCUT2D eigenvalue weighted by Crippen LogP contribution is 2.12. The van der Waals surface area contributed by atoms with E-state index in [0.717, 1.165) is 23.1 Å². The van der Waals surface area contributed by atoms with E-state index in [0.29, 0.717) is 5.75 Å². The van der Waals surface area contributed by atoms with Crippen molar-refractivity contribution in [3.05, 3.63) is 48.1 Å². The van der Waals surface area contributed by atoms with Crippen LogP contribution in [0.3, 0.4) is 0 Å². The number of benzene rings is 1. The summed E-state index contributed by atoms with van der Waals surface area (Å²) < 4.78 is 10.0. The minimum atomic E-state index is -0.426. The molecule has 0 aliphatic rings. The molecule has 0 spiro atoms. The van der Waals surface area contributed by atoms with Gasteiger partial charge in [0, 0.05) is 11.8 Å². The summed E-state index contributed by atoms with van der Waals surface area (Å²) in [6.07, 6.45) is 6.19. The van der Waals surface area contributed by atoms with Crippen LogP contribution in [0.2, 0.25) is 0 Å². The monoisotopic (exact) mass is 306 g/mol. The molecule has 112 valence electrons. The summed E-state index contributed by atoms with van der Waals surface area (Å²) in [4.78, 5) is 22.6. The van der Waals surface area contributed by atoms with Crippen LogP contribution in [-0.2, 0) is 14.3 Å². The van der Waals surface area contributed by atoms with Gasteiger partial charge < -0.3 is 9.47 Å². The number of thioether (sulfide) groups is 1. The van der Waals surface area contributed by atoms with Gasteiger partial charge in [0.15, 0.2) is 0 Å². The van der Waals surface area contributed by atoms with E-state index in [2.05, 4.69) is 0 Å². The Morgan fingerprint density at radius 3 is 2.52 bits per heavy atom. The Balaban J connectivity index is 2.29. The maximum Gasteiger partial charge on any atom is 0.330 e. The molecule has 1 rings (SSSR count). The molecule has 0 bridgehead atoms. The lowest BCUT2D eigenvalue weighted by atomic mass is 10.2. The number of allylic oxidation sites excluding steroid dienone is 1. The van der Waals surface area contributed by atoms with E-state index in [1.165, 1.54) is 12.2 Å². The van der Waals surface area contributed by atoms with Crippen LogP contribution in [-0.4, -0.2) is 30.6 Å². The molecule has 0 aliphatic carbocycles. The maximum absolute atomic E-state index is 11.5. The molecule has 0 aliphatic heterocycles. The van der Waals surface area contributed by atoms with E-state index in [1.54, 1.807) is 26.2 Å². The molecule has 0 amide bonds. The number of ether oxygens (including phenoxy) is 2.